The summed E-state index contributed by atoms with van der Waals surface area (Å²) in [6.45, 7) is 8.06. The summed E-state index contributed by atoms with van der Waals surface area (Å²) in [7, 11) is 0. The molecule has 2 atom stereocenters. The zero-order valence-electron chi connectivity index (χ0n) is 15.4. The smallest absolute Gasteiger partial charge is 0.115 e. The van der Waals surface area contributed by atoms with Crippen LogP contribution in [-0.2, 0) is 6.42 Å². The van der Waals surface area contributed by atoms with Gasteiger partial charge in [-0.05, 0) is 65.7 Å². The molecule has 0 amide bonds. The number of benzene rings is 2. The van der Waals surface area contributed by atoms with Gasteiger partial charge in [0, 0.05) is 12.6 Å². The molecule has 2 aromatic rings. The quantitative estimate of drug-likeness (QED) is 0.835. The zero-order chi connectivity index (χ0) is 17.6. The van der Waals surface area contributed by atoms with Crippen molar-refractivity contribution in [1.29, 1.82) is 0 Å². The van der Waals surface area contributed by atoms with Crippen molar-refractivity contribution in [2.45, 2.75) is 45.7 Å². The summed E-state index contributed by atoms with van der Waals surface area (Å²) in [5.74, 6) is 0.972. The fraction of sp³-hybridized carbons (Fsp3) is 0.391. The molecule has 4 rings (SSSR count). The Labute approximate surface area is 150 Å². The Morgan fingerprint density at radius 1 is 1.08 bits per heavy atom. The minimum absolute atomic E-state index is 0.314. The maximum absolute atomic E-state index is 9.72. The van der Waals surface area contributed by atoms with Gasteiger partial charge in [-0.3, -0.25) is 4.90 Å². The van der Waals surface area contributed by atoms with Gasteiger partial charge in [-0.25, -0.2) is 0 Å². The molecule has 1 aliphatic heterocycles. The van der Waals surface area contributed by atoms with E-state index in [-0.39, 0.29) is 0 Å². The molecule has 2 nitrogen and oxygen atoms in total. The van der Waals surface area contributed by atoms with E-state index in [1.54, 1.807) is 11.1 Å². The van der Waals surface area contributed by atoms with E-state index in [9.17, 15) is 5.11 Å². The predicted octanol–water partition coefficient (Wildman–Crippen LogP) is 5.19. The van der Waals surface area contributed by atoms with Gasteiger partial charge >= 0.3 is 0 Å². The number of phenols is 1. The van der Waals surface area contributed by atoms with Gasteiger partial charge in [-0.2, -0.15) is 0 Å². The molecule has 0 radical (unpaired) electrons. The van der Waals surface area contributed by atoms with Gasteiger partial charge in [0.1, 0.15) is 5.75 Å². The van der Waals surface area contributed by atoms with Crippen LogP contribution in [0.25, 0.3) is 5.57 Å². The van der Waals surface area contributed by atoms with Crippen LogP contribution < -0.4 is 0 Å². The van der Waals surface area contributed by atoms with Crippen LogP contribution in [0.3, 0.4) is 0 Å². The lowest BCUT2D eigenvalue weighted by molar-refractivity contribution is 0.137. The van der Waals surface area contributed by atoms with Crippen molar-refractivity contribution in [3.05, 3.63) is 70.8 Å². The lowest BCUT2D eigenvalue weighted by Crippen LogP contribution is -2.42. The molecule has 2 heteroatoms. The first kappa shape index (κ1) is 16.4. The summed E-state index contributed by atoms with van der Waals surface area (Å²) in [6, 6.07) is 17.6. The summed E-state index contributed by atoms with van der Waals surface area (Å²) in [4.78, 5) is 2.67. The molecule has 1 heterocycles. The SMILES string of the molecule is CC(C)CN1[C@H](C)CC2=C(Cc3ccccc32)[C@H]1c1ccc(O)cc1. The third-order valence-corrected chi connectivity index (χ3v) is 5.62. The van der Waals surface area contributed by atoms with E-state index in [0.717, 1.165) is 19.4 Å². The minimum atomic E-state index is 0.314. The van der Waals surface area contributed by atoms with E-state index < -0.39 is 0 Å². The lowest BCUT2D eigenvalue weighted by Gasteiger charge is -2.43. The standard InChI is InChI=1S/C23H27NO/c1-15(2)14-24-16(3)12-21-20-7-5-4-6-18(20)13-22(21)23(24)17-8-10-19(25)11-9-17/h4-11,15-16,23,25H,12-14H2,1-3H3/t16-,23-/m1/s1. The highest BCUT2D eigenvalue weighted by atomic mass is 16.3. The average molecular weight is 333 g/mol. The van der Waals surface area contributed by atoms with Gasteiger partial charge in [0.05, 0.1) is 6.04 Å². The van der Waals surface area contributed by atoms with Crippen molar-refractivity contribution >= 4 is 5.57 Å². The highest BCUT2D eigenvalue weighted by Crippen LogP contribution is 2.48. The number of fused-ring (bicyclic) bond motifs is 2. The molecular formula is C23H27NO. The van der Waals surface area contributed by atoms with Crippen LogP contribution in [0.4, 0.5) is 0 Å². The van der Waals surface area contributed by atoms with Crippen LogP contribution in [0, 0.1) is 5.92 Å². The maximum Gasteiger partial charge on any atom is 0.115 e. The first-order valence-electron chi connectivity index (χ1n) is 9.39. The molecular weight excluding hydrogens is 306 g/mol. The third-order valence-electron chi connectivity index (χ3n) is 5.62. The second kappa shape index (κ2) is 6.34. The van der Waals surface area contributed by atoms with Crippen LogP contribution >= 0.6 is 0 Å². The summed E-state index contributed by atoms with van der Waals surface area (Å²) in [5, 5.41) is 9.72. The zero-order valence-corrected chi connectivity index (χ0v) is 15.4. The average Bonchev–Trinajstić information content (AvgIpc) is 2.94. The molecule has 0 unspecified atom stereocenters. The fourth-order valence-electron chi connectivity index (χ4n) is 4.58. The van der Waals surface area contributed by atoms with Gasteiger partial charge < -0.3 is 5.11 Å². The molecule has 0 bridgehead atoms. The summed E-state index contributed by atoms with van der Waals surface area (Å²) >= 11 is 0. The molecule has 0 saturated carbocycles. The van der Waals surface area contributed by atoms with Crippen molar-refractivity contribution in [2.75, 3.05) is 6.54 Å². The summed E-state index contributed by atoms with van der Waals surface area (Å²) in [6.07, 6.45) is 2.19. The van der Waals surface area contributed by atoms with Crippen LogP contribution in [0.15, 0.2) is 54.1 Å². The van der Waals surface area contributed by atoms with Crippen LogP contribution in [-0.4, -0.2) is 22.6 Å². The Kier molecular flexibility index (Phi) is 4.16. The van der Waals surface area contributed by atoms with Crippen LogP contribution in [0.2, 0.25) is 0 Å². The second-order valence-electron chi connectivity index (χ2n) is 7.98. The molecule has 1 aliphatic carbocycles. The Hall–Kier alpha value is -2.06. The Morgan fingerprint density at radius 3 is 2.52 bits per heavy atom. The molecule has 0 saturated heterocycles. The molecule has 0 aromatic heterocycles. The largest absolute Gasteiger partial charge is 0.508 e. The van der Waals surface area contributed by atoms with Crippen LogP contribution in [0.5, 0.6) is 5.75 Å². The number of hydrogen-bond acceptors (Lipinski definition) is 2. The molecule has 0 fully saturated rings. The van der Waals surface area contributed by atoms with E-state index in [2.05, 4.69) is 62.1 Å². The predicted molar refractivity (Wildman–Crippen MR) is 104 cm³/mol. The topological polar surface area (TPSA) is 23.5 Å². The number of phenolic OH excluding ortho intramolecular Hbond substituents is 1. The molecule has 25 heavy (non-hydrogen) atoms. The number of aromatic hydroxyl groups is 1. The third kappa shape index (κ3) is 2.89. The maximum atomic E-state index is 9.72. The van der Waals surface area contributed by atoms with Gasteiger partial charge in [0.15, 0.2) is 0 Å². The minimum Gasteiger partial charge on any atom is -0.508 e. The van der Waals surface area contributed by atoms with E-state index in [4.69, 9.17) is 0 Å². The van der Waals surface area contributed by atoms with Gasteiger partial charge in [0.2, 0.25) is 0 Å². The molecule has 0 spiro atoms. The molecule has 2 aromatic carbocycles. The van der Waals surface area contributed by atoms with Crippen molar-refractivity contribution in [3.63, 3.8) is 0 Å². The van der Waals surface area contributed by atoms with Gasteiger partial charge in [-0.15, -0.1) is 0 Å². The van der Waals surface area contributed by atoms with E-state index in [1.165, 1.54) is 16.7 Å². The fourth-order valence-corrected chi connectivity index (χ4v) is 4.58. The van der Waals surface area contributed by atoms with Crippen molar-refractivity contribution in [1.82, 2.24) is 4.90 Å². The van der Waals surface area contributed by atoms with E-state index >= 15 is 0 Å². The summed E-state index contributed by atoms with van der Waals surface area (Å²) in [5.41, 5.74) is 7.34. The molecule has 1 N–H and O–H groups in total. The Balaban J connectivity index is 1.82. The van der Waals surface area contributed by atoms with E-state index in [0.29, 0.717) is 23.8 Å². The van der Waals surface area contributed by atoms with Gasteiger partial charge in [-0.1, -0.05) is 50.2 Å². The molecule has 130 valence electrons. The Morgan fingerprint density at radius 2 is 1.80 bits per heavy atom. The molecule has 2 aliphatic rings. The Bertz CT molecular complexity index is 803. The first-order chi connectivity index (χ1) is 12.0. The number of rotatable bonds is 3. The van der Waals surface area contributed by atoms with Crippen molar-refractivity contribution < 1.29 is 5.11 Å². The number of hydrogen-bond donors (Lipinski definition) is 1. The van der Waals surface area contributed by atoms with Crippen molar-refractivity contribution in [3.8, 4) is 5.75 Å². The summed E-state index contributed by atoms with van der Waals surface area (Å²) < 4.78 is 0. The monoisotopic (exact) mass is 333 g/mol. The van der Waals surface area contributed by atoms with E-state index in [1.807, 2.05) is 12.1 Å². The number of nitrogens with zero attached hydrogens (tertiary/aromatic N) is 1. The van der Waals surface area contributed by atoms with Crippen molar-refractivity contribution in [2.24, 2.45) is 5.92 Å². The highest BCUT2D eigenvalue weighted by Gasteiger charge is 2.38. The lowest BCUT2D eigenvalue weighted by atomic mass is 9.84. The first-order valence-corrected chi connectivity index (χ1v) is 9.39. The second-order valence-corrected chi connectivity index (χ2v) is 7.98. The normalized spacial score (nSPS) is 23.0. The highest BCUT2D eigenvalue weighted by molar-refractivity contribution is 5.78. The van der Waals surface area contributed by atoms with Gasteiger partial charge in [0.25, 0.3) is 0 Å². The van der Waals surface area contributed by atoms with Crippen LogP contribution in [0.1, 0.15) is 49.9 Å².